The maximum absolute atomic E-state index is 10.1. The van der Waals surface area contributed by atoms with Gasteiger partial charge in [0.2, 0.25) is 0 Å². The smallest absolute Gasteiger partial charge is 0.0574 e. The molecule has 0 aromatic heterocycles. The normalized spacial score (nSPS) is 26.8. The quantitative estimate of drug-likeness (QED) is 0.870. The van der Waals surface area contributed by atoms with E-state index < -0.39 is 0 Å². The summed E-state index contributed by atoms with van der Waals surface area (Å²) in [6.07, 6.45) is 4.12. The van der Waals surface area contributed by atoms with Gasteiger partial charge in [-0.3, -0.25) is 0 Å². The average molecular weight is 254 g/mol. The molecule has 2 nitrogen and oxygen atoms in total. The first kappa shape index (κ1) is 12.9. The average Bonchev–Trinajstić information content (AvgIpc) is 2.35. The van der Waals surface area contributed by atoms with Gasteiger partial charge in [-0.1, -0.05) is 36.6 Å². The summed E-state index contributed by atoms with van der Waals surface area (Å²) in [4.78, 5) is 0. The van der Waals surface area contributed by atoms with Crippen molar-refractivity contribution in [2.24, 2.45) is 11.7 Å². The number of halogens is 1. The van der Waals surface area contributed by atoms with E-state index in [4.69, 9.17) is 17.3 Å². The van der Waals surface area contributed by atoms with Crippen LogP contribution in [0.3, 0.4) is 0 Å². The van der Waals surface area contributed by atoms with Crippen LogP contribution < -0.4 is 5.73 Å². The van der Waals surface area contributed by atoms with Gasteiger partial charge in [0.15, 0.2) is 0 Å². The zero-order chi connectivity index (χ0) is 12.3. The second kappa shape index (κ2) is 5.85. The molecule has 94 valence electrons. The Morgan fingerprint density at radius 3 is 2.47 bits per heavy atom. The predicted octanol–water partition coefficient (Wildman–Crippen LogP) is 2.93. The number of rotatable bonds is 3. The van der Waals surface area contributed by atoms with Crippen molar-refractivity contribution in [3.63, 3.8) is 0 Å². The van der Waals surface area contributed by atoms with Gasteiger partial charge in [0.1, 0.15) is 0 Å². The Balaban J connectivity index is 2.17. The zero-order valence-corrected chi connectivity index (χ0v) is 10.7. The van der Waals surface area contributed by atoms with Gasteiger partial charge in [-0.25, -0.2) is 0 Å². The summed E-state index contributed by atoms with van der Waals surface area (Å²) in [7, 11) is 0. The molecule has 1 aliphatic rings. The van der Waals surface area contributed by atoms with E-state index in [0.29, 0.717) is 12.5 Å². The van der Waals surface area contributed by atoms with Gasteiger partial charge < -0.3 is 10.8 Å². The first-order chi connectivity index (χ1) is 8.22. The second-order valence-corrected chi connectivity index (χ2v) is 5.35. The van der Waals surface area contributed by atoms with Crippen LogP contribution in [0.4, 0.5) is 0 Å². The molecule has 3 N–H and O–H groups in total. The van der Waals surface area contributed by atoms with Gasteiger partial charge in [-0.2, -0.15) is 0 Å². The third kappa shape index (κ3) is 3.01. The molecule has 1 aliphatic carbocycles. The Hall–Kier alpha value is -0.570. The lowest BCUT2D eigenvalue weighted by Gasteiger charge is -2.34. The zero-order valence-electron chi connectivity index (χ0n) is 9.98. The lowest BCUT2D eigenvalue weighted by atomic mass is 9.75. The van der Waals surface area contributed by atoms with E-state index in [1.807, 2.05) is 24.3 Å². The molecule has 0 heterocycles. The molecule has 0 amide bonds. The summed E-state index contributed by atoms with van der Waals surface area (Å²) in [5, 5.41) is 10.8. The maximum atomic E-state index is 10.1. The van der Waals surface area contributed by atoms with Gasteiger partial charge in [-0.05, 0) is 43.0 Å². The molecular formula is C14H20ClNO. The van der Waals surface area contributed by atoms with E-state index >= 15 is 0 Å². The summed E-state index contributed by atoms with van der Waals surface area (Å²) in [5.41, 5.74) is 7.09. The van der Waals surface area contributed by atoms with Gasteiger partial charge in [0, 0.05) is 10.9 Å². The fourth-order valence-corrected chi connectivity index (χ4v) is 3.00. The van der Waals surface area contributed by atoms with Crippen LogP contribution in [0.25, 0.3) is 0 Å². The van der Waals surface area contributed by atoms with Crippen molar-refractivity contribution < 1.29 is 5.11 Å². The lowest BCUT2D eigenvalue weighted by Crippen LogP contribution is -2.33. The third-order valence-electron chi connectivity index (χ3n) is 3.85. The minimum absolute atomic E-state index is 0.201. The van der Waals surface area contributed by atoms with Crippen molar-refractivity contribution in [2.75, 3.05) is 6.54 Å². The van der Waals surface area contributed by atoms with Crippen LogP contribution in [0.1, 0.15) is 37.2 Å². The molecule has 0 unspecified atom stereocenters. The van der Waals surface area contributed by atoms with Crippen LogP contribution in [-0.4, -0.2) is 17.8 Å². The fraction of sp³-hybridized carbons (Fsp3) is 0.571. The monoisotopic (exact) mass is 253 g/mol. The van der Waals surface area contributed by atoms with Crippen molar-refractivity contribution in [1.82, 2.24) is 0 Å². The molecule has 17 heavy (non-hydrogen) atoms. The number of aliphatic hydroxyl groups excluding tert-OH is 1. The highest BCUT2D eigenvalue weighted by Gasteiger charge is 2.30. The molecule has 1 fully saturated rings. The highest BCUT2D eigenvalue weighted by molar-refractivity contribution is 6.30. The van der Waals surface area contributed by atoms with E-state index in [1.165, 1.54) is 12.0 Å². The van der Waals surface area contributed by atoms with E-state index in [2.05, 4.69) is 0 Å². The Kier molecular flexibility index (Phi) is 4.43. The van der Waals surface area contributed by atoms with Crippen LogP contribution in [0.5, 0.6) is 0 Å². The highest BCUT2D eigenvalue weighted by atomic mass is 35.5. The fourth-order valence-electron chi connectivity index (χ4n) is 2.88. The van der Waals surface area contributed by atoms with E-state index in [-0.39, 0.29) is 12.0 Å². The molecular weight excluding hydrogens is 234 g/mol. The lowest BCUT2D eigenvalue weighted by molar-refractivity contribution is 0.0561. The van der Waals surface area contributed by atoms with E-state index in [0.717, 1.165) is 24.3 Å². The molecule has 2 rings (SSSR count). The van der Waals surface area contributed by atoms with Crippen molar-refractivity contribution in [1.29, 1.82) is 0 Å². The Morgan fingerprint density at radius 1 is 1.24 bits per heavy atom. The molecule has 0 saturated heterocycles. The standard InChI is InChI=1S/C14H20ClNO/c15-11-7-5-10(6-8-11)13(9-16)12-3-1-2-4-14(12)17/h5-8,12-14,17H,1-4,9,16H2/t12-,13+,14-/m1/s1. The second-order valence-electron chi connectivity index (χ2n) is 4.91. The van der Waals surface area contributed by atoms with Gasteiger partial charge in [0.25, 0.3) is 0 Å². The molecule has 0 bridgehead atoms. The summed E-state index contributed by atoms with van der Waals surface area (Å²) < 4.78 is 0. The maximum Gasteiger partial charge on any atom is 0.0574 e. The summed E-state index contributed by atoms with van der Waals surface area (Å²) in [6.45, 7) is 0.587. The van der Waals surface area contributed by atoms with Crippen LogP contribution in [0.2, 0.25) is 5.02 Å². The minimum atomic E-state index is -0.201. The van der Waals surface area contributed by atoms with Crippen LogP contribution in [-0.2, 0) is 0 Å². The van der Waals surface area contributed by atoms with Gasteiger partial charge >= 0.3 is 0 Å². The van der Waals surface area contributed by atoms with Crippen LogP contribution in [0, 0.1) is 5.92 Å². The summed E-state index contributed by atoms with van der Waals surface area (Å²) >= 11 is 5.89. The molecule has 0 spiro atoms. The first-order valence-electron chi connectivity index (χ1n) is 6.36. The van der Waals surface area contributed by atoms with E-state index in [1.54, 1.807) is 0 Å². The van der Waals surface area contributed by atoms with Gasteiger partial charge in [-0.15, -0.1) is 0 Å². The van der Waals surface area contributed by atoms with Gasteiger partial charge in [0.05, 0.1) is 6.10 Å². The first-order valence-corrected chi connectivity index (χ1v) is 6.73. The molecule has 1 saturated carbocycles. The van der Waals surface area contributed by atoms with Crippen molar-refractivity contribution in [3.8, 4) is 0 Å². The number of nitrogens with two attached hydrogens (primary N) is 1. The molecule has 3 heteroatoms. The number of aliphatic hydroxyl groups is 1. The SMILES string of the molecule is NC[C@@H](c1ccc(Cl)cc1)[C@H]1CCCC[C@H]1O. The number of hydrogen-bond acceptors (Lipinski definition) is 2. The van der Waals surface area contributed by atoms with Crippen molar-refractivity contribution in [2.45, 2.75) is 37.7 Å². The predicted molar refractivity (Wildman–Crippen MR) is 71.2 cm³/mol. The topological polar surface area (TPSA) is 46.2 Å². The Morgan fingerprint density at radius 2 is 1.88 bits per heavy atom. The van der Waals surface area contributed by atoms with Crippen molar-refractivity contribution in [3.05, 3.63) is 34.9 Å². The molecule has 0 aliphatic heterocycles. The third-order valence-corrected chi connectivity index (χ3v) is 4.10. The number of hydrogen-bond donors (Lipinski definition) is 2. The van der Waals surface area contributed by atoms with Crippen molar-refractivity contribution >= 4 is 11.6 Å². The highest BCUT2D eigenvalue weighted by Crippen LogP contribution is 2.36. The molecule has 1 aromatic carbocycles. The number of benzene rings is 1. The summed E-state index contributed by atoms with van der Waals surface area (Å²) in [5.74, 6) is 0.553. The molecule has 3 atom stereocenters. The molecule has 0 radical (unpaired) electrons. The Labute approximate surface area is 108 Å². The summed E-state index contributed by atoms with van der Waals surface area (Å²) in [6, 6.07) is 7.85. The molecule has 1 aromatic rings. The van der Waals surface area contributed by atoms with E-state index in [9.17, 15) is 5.11 Å². The van der Waals surface area contributed by atoms with Crippen LogP contribution >= 0.6 is 11.6 Å². The minimum Gasteiger partial charge on any atom is -0.393 e. The Bertz CT molecular complexity index is 352. The largest absolute Gasteiger partial charge is 0.393 e. The van der Waals surface area contributed by atoms with Crippen LogP contribution in [0.15, 0.2) is 24.3 Å².